The van der Waals surface area contributed by atoms with Gasteiger partial charge in [0.1, 0.15) is 18.7 Å². The number of nitrogens with zero attached hydrogens (tertiary/aromatic N) is 2. The molecule has 1 saturated heterocycles. The lowest BCUT2D eigenvalue weighted by Crippen LogP contribution is -2.29. The normalized spacial score (nSPS) is 19.2. The number of aromatic nitrogens is 2. The molecule has 2 aromatic rings. The van der Waals surface area contributed by atoms with E-state index in [9.17, 15) is 9.59 Å². The fourth-order valence-corrected chi connectivity index (χ4v) is 2.95. The molecular formula is C19H23N3O5. The van der Waals surface area contributed by atoms with Gasteiger partial charge in [0.25, 0.3) is 0 Å². The van der Waals surface area contributed by atoms with Gasteiger partial charge >= 0.3 is 11.7 Å². The molecule has 0 saturated carbocycles. The molecule has 1 aromatic heterocycles. The average molecular weight is 373 g/mol. The number of esters is 1. The van der Waals surface area contributed by atoms with Crippen molar-refractivity contribution >= 4 is 11.8 Å². The third-order valence-corrected chi connectivity index (χ3v) is 4.44. The molecule has 0 aliphatic carbocycles. The molecule has 3 rings (SSSR count). The molecule has 27 heavy (non-hydrogen) atoms. The van der Waals surface area contributed by atoms with Crippen molar-refractivity contribution in [3.8, 4) is 0 Å². The molecule has 2 N–H and O–H groups in total. The van der Waals surface area contributed by atoms with Gasteiger partial charge < -0.3 is 19.9 Å². The molecule has 1 aliphatic heterocycles. The van der Waals surface area contributed by atoms with Crippen LogP contribution >= 0.6 is 0 Å². The molecule has 0 unspecified atom stereocenters. The SMILES string of the molecule is COCc1cn([C@@H]2CC[C@@H](COC(=O)c3ccc(C)cc3)O2)c(=O)nc1N. The summed E-state index contributed by atoms with van der Waals surface area (Å²) in [7, 11) is 1.54. The number of hydrogen-bond acceptors (Lipinski definition) is 7. The first-order valence-corrected chi connectivity index (χ1v) is 8.73. The number of rotatable bonds is 6. The van der Waals surface area contributed by atoms with Crippen LogP contribution in [-0.4, -0.2) is 35.3 Å². The molecule has 0 spiro atoms. The Labute approximate surface area is 156 Å². The van der Waals surface area contributed by atoms with Gasteiger partial charge in [0.2, 0.25) is 0 Å². The van der Waals surface area contributed by atoms with E-state index < -0.39 is 17.9 Å². The number of hydrogen-bond donors (Lipinski definition) is 1. The lowest BCUT2D eigenvalue weighted by molar-refractivity contribution is -0.0341. The molecule has 0 radical (unpaired) electrons. The van der Waals surface area contributed by atoms with E-state index in [0.717, 1.165) is 5.56 Å². The number of methoxy groups -OCH3 is 1. The average Bonchev–Trinajstić information content (AvgIpc) is 3.11. The van der Waals surface area contributed by atoms with E-state index in [4.69, 9.17) is 19.9 Å². The van der Waals surface area contributed by atoms with Crippen LogP contribution in [0, 0.1) is 6.92 Å². The Morgan fingerprint density at radius 3 is 2.78 bits per heavy atom. The van der Waals surface area contributed by atoms with E-state index in [0.29, 0.717) is 24.0 Å². The highest BCUT2D eigenvalue weighted by Crippen LogP contribution is 2.28. The zero-order valence-corrected chi connectivity index (χ0v) is 15.4. The first-order chi connectivity index (χ1) is 13.0. The number of nitrogens with two attached hydrogens (primary N) is 1. The largest absolute Gasteiger partial charge is 0.459 e. The van der Waals surface area contributed by atoms with Crippen LogP contribution in [0.4, 0.5) is 5.82 Å². The lowest BCUT2D eigenvalue weighted by Gasteiger charge is -2.17. The van der Waals surface area contributed by atoms with Gasteiger partial charge in [-0.2, -0.15) is 4.98 Å². The van der Waals surface area contributed by atoms with E-state index in [1.807, 2.05) is 19.1 Å². The van der Waals surface area contributed by atoms with Crippen LogP contribution in [0.1, 0.15) is 40.6 Å². The number of carbonyl (C=O) groups is 1. The summed E-state index contributed by atoms with van der Waals surface area (Å²) in [6, 6.07) is 7.17. The van der Waals surface area contributed by atoms with Gasteiger partial charge in [0, 0.05) is 18.9 Å². The molecule has 1 aromatic carbocycles. The fraction of sp³-hybridized carbons (Fsp3) is 0.421. The number of anilines is 1. The molecule has 8 nitrogen and oxygen atoms in total. The van der Waals surface area contributed by atoms with Crippen LogP contribution in [-0.2, 0) is 20.8 Å². The second kappa shape index (κ2) is 8.32. The summed E-state index contributed by atoms with van der Waals surface area (Å²) in [5.41, 5.74) is 7.46. The van der Waals surface area contributed by atoms with Crippen molar-refractivity contribution in [2.45, 2.75) is 38.7 Å². The van der Waals surface area contributed by atoms with E-state index in [1.165, 1.54) is 4.57 Å². The van der Waals surface area contributed by atoms with E-state index in [1.54, 1.807) is 25.4 Å². The Bertz CT molecular complexity index is 863. The number of benzene rings is 1. The van der Waals surface area contributed by atoms with Crippen LogP contribution in [0.2, 0.25) is 0 Å². The topological polar surface area (TPSA) is 106 Å². The van der Waals surface area contributed by atoms with Crippen molar-refractivity contribution in [1.82, 2.24) is 9.55 Å². The van der Waals surface area contributed by atoms with Crippen LogP contribution in [0.15, 0.2) is 35.3 Å². The standard InChI is InChI=1S/C19H23N3O5/c1-12-3-5-13(6-4-12)18(23)26-11-15-7-8-16(27-15)22-9-14(10-25-2)17(20)21-19(22)24/h3-6,9,15-16H,7-8,10-11H2,1-2H3,(H2,20,21,24)/t15-,16-/m0/s1. The minimum absolute atomic E-state index is 0.130. The first-order valence-electron chi connectivity index (χ1n) is 8.73. The predicted molar refractivity (Wildman–Crippen MR) is 98.2 cm³/mol. The maximum Gasteiger partial charge on any atom is 0.351 e. The Kier molecular flexibility index (Phi) is 5.88. The summed E-state index contributed by atoms with van der Waals surface area (Å²) < 4.78 is 17.7. The summed E-state index contributed by atoms with van der Waals surface area (Å²) >= 11 is 0. The van der Waals surface area contributed by atoms with Crippen molar-refractivity contribution in [2.75, 3.05) is 19.5 Å². The first kappa shape index (κ1) is 19.1. The van der Waals surface area contributed by atoms with Gasteiger partial charge in [-0.05, 0) is 31.9 Å². The van der Waals surface area contributed by atoms with Crippen molar-refractivity contribution in [3.63, 3.8) is 0 Å². The van der Waals surface area contributed by atoms with Gasteiger partial charge in [0.15, 0.2) is 0 Å². The number of aryl methyl sites for hydroxylation is 1. The molecule has 0 bridgehead atoms. The zero-order valence-electron chi connectivity index (χ0n) is 15.4. The Hall–Kier alpha value is -2.71. The third-order valence-electron chi connectivity index (χ3n) is 4.44. The molecule has 1 aliphatic rings. The summed E-state index contributed by atoms with van der Waals surface area (Å²) in [6.07, 6.45) is 2.15. The van der Waals surface area contributed by atoms with Crippen LogP contribution < -0.4 is 11.4 Å². The molecule has 2 atom stereocenters. The van der Waals surface area contributed by atoms with E-state index >= 15 is 0 Å². The Morgan fingerprint density at radius 2 is 2.07 bits per heavy atom. The number of ether oxygens (including phenoxy) is 3. The van der Waals surface area contributed by atoms with Gasteiger partial charge in [0.05, 0.1) is 18.3 Å². The van der Waals surface area contributed by atoms with Gasteiger partial charge in [-0.25, -0.2) is 9.59 Å². The minimum Gasteiger partial charge on any atom is -0.459 e. The molecule has 144 valence electrons. The Balaban J connectivity index is 1.60. The molecule has 1 fully saturated rings. The second-order valence-corrected chi connectivity index (χ2v) is 6.53. The van der Waals surface area contributed by atoms with E-state index in [2.05, 4.69) is 4.98 Å². The van der Waals surface area contributed by atoms with Crippen molar-refractivity contribution in [3.05, 3.63) is 57.6 Å². The van der Waals surface area contributed by atoms with Gasteiger partial charge in [-0.1, -0.05) is 17.7 Å². The monoisotopic (exact) mass is 373 g/mol. The predicted octanol–water partition coefficient (Wildman–Crippen LogP) is 1.81. The second-order valence-electron chi connectivity index (χ2n) is 6.53. The fourth-order valence-electron chi connectivity index (χ4n) is 2.95. The third kappa shape index (κ3) is 4.53. The number of nitrogen functional groups attached to an aromatic ring is 1. The molecule has 2 heterocycles. The van der Waals surface area contributed by atoms with E-state index in [-0.39, 0.29) is 25.1 Å². The molecule has 0 amide bonds. The van der Waals surface area contributed by atoms with Crippen LogP contribution in [0.5, 0.6) is 0 Å². The van der Waals surface area contributed by atoms with Gasteiger partial charge in [-0.3, -0.25) is 4.57 Å². The number of carbonyl (C=O) groups excluding carboxylic acids is 1. The maximum atomic E-state index is 12.1. The summed E-state index contributed by atoms with van der Waals surface area (Å²) in [6.45, 7) is 2.34. The van der Waals surface area contributed by atoms with Crippen molar-refractivity contribution in [2.24, 2.45) is 0 Å². The summed E-state index contributed by atoms with van der Waals surface area (Å²) in [5.74, 6) is -0.240. The Morgan fingerprint density at radius 1 is 1.33 bits per heavy atom. The minimum atomic E-state index is -0.477. The highest BCUT2D eigenvalue weighted by molar-refractivity contribution is 5.89. The zero-order chi connectivity index (χ0) is 19.4. The maximum absolute atomic E-state index is 12.1. The van der Waals surface area contributed by atoms with Gasteiger partial charge in [-0.15, -0.1) is 0 Å². The highest BCUT2D eigenvalue weighted by atomic mass is 16.6. The van der Waals surface area contributed by atoms with Crippen molar-refractivity contribution in [1.29, 1.82) is 0 Å². The highest BCUT2D eigenvalue weighted by Gasteiger charge is 2.29. The molecule has 8 heteroatoms. The molecular weight excluding hydrogens is 350 g/mol. The van der Waals surface area contributed by atoms with Crippen LogP contribution in [0.25, 0.3) is 0 Å². The smallest absolute Gasteiger partial charge is 0.351 e. The lowest BCUT2D eigenvalue weighted by atomic mass is 10.1. The summed E-state index contributed by atoms with van der Waals surface area (Å²) in [5, 5.41) is 0. The quantitative estimate of drug-likeness (QED) is 0.770. The van der Waals surface area contributed by atoms with Crippen LogP contribution in [0.3, 0.4) is 0 Å². The van der Waals surface area contributed by atoms with Crippen molar-refractivity contribution < 1.29 is 19.0 Å². The summed E-state index contributed by atoms with van der Waals surface area (Å²) in [4.78, 5) is 28.1.